The maximum absolute atomic E-state index is 12.4. The molecule has 120 valence electrons. The number of ether oxygens (including phenoxy) is 1. The first-order valence-corrected chi connectivity index (χ1v) is 9.24. The summed E-state index contributed by atoms with van der Waals surface area (Å²) >= 11 is 8.16. The van der Waals surface area contributed by atoms with Crippen molar-refractivity contribution >= 4 is 49.1 Å². The van der Waals surface area contributed by atoms with Crippen LogP contribution in [0, 0.1) is 5.92 Å². The Kier molecular flexibility index (Phi) is 6.67. The van der Waals surface area contributed by atoms with Crippen molar-refractivity contribution in [3.05, 3.63) is 43.4 Å². The van der Waals surface area contributed by atoms with Gasteiger partial charge in [-0.3, -0.25) is 4.79 Å². The third kappa shape index (κ3) is 4.94. The number of halogens is 2. The predicted molar refractivity (Wildman–Crippen MR) is 94.3 cm³/mol. The zero-order chi connectivity index (χ0) is 16.1. The van der Waals surface area contributed by atoms with Crippen LogP contribution in [0.25, 0.3) is 0 Å². The Labute approximate surface area is 150 Å². The summed E-state index contributed by atoms with van der Waals surface area (Å²) in [5.74, 6) is 0.981. The molecule has 2 aromatic rings. The molecule has 2 heterocycles. The fraction of sp³-hybridized carbons (Fsp3) is 0.400. The molecule has 1 amide bonds. The quantitative estimate of drug-likeness (QED) is 0.644. The number of rotatable bonds is 7. The highest BCUT2D eigenvalue weighted by Gasteiger charge is 2.20. The van der Waals surface area contributed by atoms with E-state index in [2.05, 4.69) is 51.0 Å². The summed E-state index contributed by atoms with van der Waals surface area (Å²) in [5, 5.41) is 2.96. The highest BCUT2D eigenvalue weighted by molar-refractivity contribution is 9.13. The van der Waals surface area contributed by atoms with Gasteiger partial charge < -0.3 is 14.5 Å². The summed E-state index contributed by atoms with van der Waals surface area (Å²) in [7, 11) is 0. The number of carbonyl (C=O) groups is 1. The largest absolute Gasteiger partial charge is 0.467 e. The number of nitrogens with one attached hydrogen (secondary N) is 1. The van der Waals surface area contributed by atoms with Gasteiger partial charge >= 0.3 is 0 Å². The van der Waals surface area contributed by atoms with Crippen LogP contribution in [0.1, 0.15) is 35.3 Å². The summed E-state index contributed by atoms with van der Waals surface area (Å²) in [4.78, 5) is 13.0. The van der Waals surface area contributed by atoms with Gasteiger partial charge in [0.1, 0.15) is 11.8 Å². The van der Waals surface area contributed by atoms with Gasteiger partial charge in [-0.1, -0.05) is 13.8 Å². The molecule has 0 fully saturated rings. The Morgan fingerprint density at radius 2 is 2.18 bits per heavy atom. The van der Waals surface area contributed by atoms with Crippen molar-refractivity contribution < 1.29 is 13.9 Å². The molecule has 1 N–H and O–H groups in total. The van der Waals surface area contributed by atoms with E-state index in [-0.39, 0.29) is 11.9 Å². The lowest BCUT2D eigenvalue weighted by atomic mass is 10.2. The van der Waals surface area contributed by atoms with Crippen molar-refractivity contribution in [3.63, 3.8) is 0 Å². The minimum Gasteiger partial charge on any atom is -0.467 e. The summed E-state index contributed by atoms with van der Waals surface area (Å²) in [6, 6.07) is 5.12. The van der Waals surface area contributed by atoms with E-state index in [0.717, 1.165) is 8.26 Å². The fourth-order valence-electron chi connectivity index (χ4n) is 1.79. The number of amides is 1. The Hall–Kier alpha value is -0.630. The molecule has 7 heteroatoms. The van der Waals surface area contributed by atoms with E-state index < -0.39 is 0 Å². The molecule has 0 unspecified atom stereocenters. The van der Waals surface area contributed by atoms with Gasteiger partial charge in [0, 0.05) is 11.1 Å². The number of thiophene rings is 1. The molecule has 1 atom stereocenters. The Bertz CT molecular complexity index is 591. The fourth-order valence-corrected chi connectivity index (χ4v) is 3.73. The molecule has 4 nitrogen and oxygen atoms in total. The van der Waals surface area contributed by atoms with E-state index in [1.807, 2.05) is 6.07 Å². The zero-order valence-electron chi connectivity index (χ0n) is 12.3. The van der Waals surface area contributed by atoms with Gasteiger partial charge in [0.15, 0.2) is 0 Å². The van der Waals surface area contributed by atoms with E-state index in [4.69, 9.17) is 9.15 Å². The van der Waals surface area contributed by atoms with E-state index >= 15 is 0 Å². The smallest absolute Gasteiger partial charge is 0.262 e. The molecule has 0 aliphatic heterocycles. The normalized spacial score (nSPS) is 12.6. The van der Waals surface area contributed by atoms with Crippen LogP contribution < -0.4 is 5.32 Å². The first kappa shape index (κ1) is 17.7. The topological polar surface area (TPSA) is 51.5 Å². The molecule has 0 aliphatic rings. The Morgan fingerprint density at radius 1 is 1.41 bits per heavy atom. The van der Waals surface area contributed by atoms with Crippen molar-refractivity contribution in [1.29, 1.82) is 0 Å². The van der Waals surface area contributed by atoms with Crippen LogP contribution in [0.3, 0.4) is 0 Å². The average Bonchev–Trinajstić information content (AvgIpc) is 3.08. The average molecular weight is 451 g/mol. The first-order chi connectivity index (χ1) is 10.5. The van der Waals surface area contributed by atoms with Gasteiger partial charge in [-0.2, -0.15) is 0 Å². The summed E-state index contributed by atoms with van der Waals surface area (Å²) in [6.45, 7) is 5.19. The highest BCUT2D eigenvalue weighted by atomic mass is 79.9. The molecule has 0 radical (unpaired) electrons. The third-order valence-electron chi connectivity index (χ3n) is 2.80. The highest BCUT2D eigenvalue weighted by Crippen LogP contribution is 2.32. The lowest BCUT2D eigenvalue weighted by Crippen LogP contribution is -2.31. The van der Waals surface area contributed by atoms with E-state index in [0.29, 0.717) is 29.8 Å². The number of hydrogen-bond donors (Lipinski definition) is 1. The second-order valence-corrected chi connectivity index (χ2v) is 8.43. The molecule has 0 aromatic carbocycles. The van der Waals surface area contributed by atoms with Crippen LogP contribution in [0.5, 0.6) is 0 Å². The number of hydrogen-bond acceptors (Lipinski definition) is 4. The molecule has 22 heavy (non-hydrogen) atoms. The lowest BCUT2D eigenvalue weighted by molar-refractivity contribution is 0.0732. The van der Waals surface area contributed by atoms with Gasteiger partial charge in [0.05, 0.1) is 21.5 Å². The maximum atomic E-state index is 12.4. The van der Waals surface area contributed by atoms with Gasteiger partial charge in [-0.25, -0.2) is 0 Å². The van der Waals surface area contributed by atoms with Crippen LogP contribution in [0.4, 0.5) is 0 Å². The standard InChI is InChI=1S/C15H17Br2NO3S/c1-9(2)7-20-8-11(12-4-3-5-21-12)18-15(19)13-6-10(16)14(17)22-13/h3-6,9,11H,7-8H2,1-2H3,(H,18,19)/t11-/m1/s1. The second kappa shape index (κ2) is 8.29. The molecule has 0 spiro atoms. The molecule has 2 rings (SSSR count). The summed E-state index contributed by atoms with van der Waals surface area (Å²) in [6.07, 6.45) is 1.59. The minimum absolute atomic E-state index is 0.147. The summed E-state index contributed by atoms with van der Waals surface area (Å²) in [5.41, 5.74) is 0. The number of furan rings is 1. The van der Waals surface area contributed by atoms with Crippen LogP contribution in [0.2, 0.25) is 0 Å². The Balaban J connectivity index is 2.04. The molecule has 2 aromatic heterocycles. The van der Waals surface area contributed by atoms with Gasteiger partial charge in [-0.05, 0) is 56.0 Å². The molecule has 0 saturated carbocycles. The number of carbonyl (C=O) groups excluding carboxylic acids is 1. The van der Waals surface area contributed by atoms with Crippen molar-refractivity contribution in [2.75, 3.05) is 13.2 Å². The third-order valence-corrected chi connectivity index (χ3v) is 6.05. The van der Waals surface area contributed by atoms with Gasteiger partial charge in [0.2, 0.25) is 0 Å². The minimum atomic E-state index is -0.305. The van der Waals surface area contributed by atoms with Gasteiger partial charge in [-0.15, -0.1) is 11.3 Å². The van der Waals surface area contributed by atoms with Gasteiger partial charge in [0.25, 0.3) is 5.91 Å². The first-order valence-electron chi connectivity index (χ1n) is 6.84. The SMILES string of the molecule is CC(C)COC[C@@H](NC(=O)c1cc(Br)c(Br)s1)c1ccco1. The van der Waals surface area contributed by atoms with Crippen LogP contribution in [0.15, 0.2) is 37.1 Å². The zero-order valence-corrected chi connectivity index (χ0v) is 16.3. The van der Waals surface area contributed by atoms with E-state index in [1.54, 1.807) is 18.4 Å². The second-order valence-electron chi connectivity index (χ2n) is 5.21. The van der Waals surface area contributed by atoms with Crippen molar-refractivity contribution in [2.45, 2.75) is 19.9 Å². The van der Waals surface area contributed by atoms with E-state index in [1.165, 1.54) is 11.3 Å². The van der Waals surface area contributed by atoms with Crippen LogP contribution in [-0.4, -0.2) is 19.1 Å². The molecular formula is C15H17Br2NO3S. The predicted octanol–water partition coefficient (Wildman–Crippen LogP) is 5.01. The maximum Gasteiger partial charge on any atom is 0.262 e. The molecule has 0 saturated heterocycles. The van der Waals surface area contributed by atoms with Crippen LogP contribution in [-0.2, 0) is 4.74 Å². The molecule has 0 bridgehead atoms. The van der Waals surface area contributed by atoms with Crippen LogP contribution >= 0.6 is 43.2 Å². The van der Waals surface area contributed by atoms with E-state index in [9.17, 15) is 4.79 Å². The molecule has 0 aliphatic carbocycles. The monoisotopic (exact) mass is 449 g/mol. The summed E-state index contributed by atoms with van der Waals surface area (Å²) < 4.78 is 12.8. The van der Waals surface area contributed by atoms with Crippen molar-refractivity contribution in [2.24, 2.45) is 5.92 Å². The lowest BCUT2D eigenvalue weighted by Gasteiger charge is -2.17. The molecular weight excluding hydrogens is 434 g/mol. The Morgan fingerprint density at radius 3 is 2.73 bits per heavy atom. The van der Waals surface area contributed by atoms with Crippen molar-refractivity contribution in [1.82, 2.24) is 5.32 Å². The van der Waals surface area contributed by atoms with Crippen molar-refractivity contribution in [3.8, 4) is 0 Å².